The second-order valence-electron chi connectivity index (χ2n) is 5.75. The maximum absolute atomic E-state index is 13.1. The number of carbonyl (C=O) groups is 1. The van der Waals surface area contributed by atoms with Gasteiger partial charge in [0.2, 0.25) is 0 Å². The fourth-order valence-electron chi connectivity index (χ4n) is 3.43. The average Bonchev–Trinajstić information content (AvgIpc) is 2.95. The van der Waals surface area contributed by atoms with Crippen LogP contribution in [-0.2, 0) is 0 Å². The van der Waals surface area contributed by atoms with Crippen LogP contribution < -0.4 is 5.73 Å². The smallest absolute Gasteiger partial charge is 0.194 e. The fraction of sp³-hybridized carbons (Fsp3) is 0. The lowest BCUT2D eigenvalue weighted by atomic mass is 9.86. The van der Waals surface area contributed by atoms with Crippen LogP contribution in [0, 0.1) is 22.7 Å². The van der Waals surface area contributed by atoms with Crippen molar-refractivity contribution in [2.45, 2.75) is 0 Å². The molecule has 2 N–H and O–H groups in total. The van der Waals surface area contributed by atoms with Crippen molar-refractivity contribution in [2.24, 2.45) is 0 Å². The van der Waals surface area contributed by atoms with E-state index in [9.17, 15) is 15.3 Å². The third kappa shape index (κ3) is 1.89. The number of rotatable bonds is 1. The summed E-state index contributed by atoms with van der Waals surface area (Å²) >= 11 is 0. The summed E-state index contributed by atoms with van der Waals surface area (Å²) in [6.45, 7) is 0. The summed E-state index contributed by atoms with van der Waals surface area (Å²) in [4.78, 5) is 13.1. The quantitative estimate of drug-likeness (QED) is 0.538. The van der Waals surface area contributed by atoms with Crippen LogP contribution in [0.3, 0.4) is 0 Å². The molecule has 0 atom stereocenters. The van der Waals surface area contributed by atoms with Gasteiger partial charge in [0.05, 0.1) is 16.8 Å². The predicted molar refractivity (Wildman–Crippen MR) is 94.6 cm³/mol. The number of nitrogens with two attached hydrogens (primary N) is 1. The Balaban J connectivity index is 2.24. The molecular weight excluding hydrogens is 310 g/mol. The van der Waals surface area contributed by atoms with Gasteiger partial charge in [0.25, 0.3) is 0 Å². The number of nitrogen functional groups attached to an aromatic ring is 1. The van der Waals surface area contributed by atoms with Crippen LogP contribution in [0.4, 0.5) is 5.69 Å². The lowest BCUT2D eigenvalue weighted by Crippen LogP contribution is -2.06. The highest BCUT2D eigenvalue weighted by molar-refractivity contribution is 6.26. The van der Waals surface area contributed by atoms with Crippen molar-refractivity contribution < 1.29 is 4.79 Å². The van der Waals surface area contributed by atoms with Gasteiger partial charge in [-0.15, -0.1) is 0 Å². The van der Waals surface area contributed by atoms with Gasteiger partial charge in [0.15, 0.2) is 5.78 Å². The Morgan fingerprint density at radius 3 is 1.92 bits per heavy atom. The second kappa shape index (κ2) is 5.33. The van der Waals surface area contributed by atoms with Crippen molar-refractivity contribution in [1.29, 1.82) is 10.5 Å². The van der Waals surface area contributed by atoms with Crippen molar-refractivity contribution in [3.8, 4) is 34.4 Å². The van der Waals surface area contributed by atoms with Gasteiger partial charge >= 0.3 is 0 Å². The maximum atomic E-state index is 13.1. The van der Waals surface area contributed by atoms with E-state index < -0.39 is 0 Å². The van der Waals surface area contributed by atoms with Gasteiger partial charge in [-0.25, -0.2) is 0 Å². The van der Waals surface area contributed by atoms with Crippen LogP contribution in [-0.4, -0.2) is 5.78 Å². The molecule has 3 aromatic rings. The molecule has 0 unspecified atom stereocenters. The van der Waals surface area contributed by atoms with Crippen molar-refractivity contribution in [1.82, 2.24) is 0 Å². The summed E-state index contributed by atoms with van der Waals surface area (Å²) in [5.74, 6) is -0.183. The van der Waals surface area contributed by atoms with Gasteiger partial charge in [0.1, 0.15) is 12.1 Å². The summed E-state index contributed by atoms with van der Waals surface area (Å²) in [7, 11) is 0. The van der Waals surface area contributed by atoms with E-state index in [1.807, 2.05) is 36.4 Å². The van der Waals surface area contributed by atoms with Crippen molar-refractivity contribution >= 4 is 11.5 Å². The SMILES string of the molecule is N#Cc1c(N)c(C#N)c2c(c1-c1ccccc1)C(=O)c1ccccc1-2. The van der Waals surface area contributed by atoms with Crippen LogP contribution in [0.15, 0.2) is 54.6 Å². The molecule has 0 aromatic heterocycles. The average molecular weight is 321 g/mol. The van der Waals surface area contributed by atoms with Crippen LogP contribution >= 0.6 is 0 Å². The number of carbonyl (C=O) groups excluding carboxylic acids is 1. The largest absolute Gasteiger partial charge is 0.397 e. The van der Waals surface area contributed by atoms with Gasteiger partial charge < -0.3 is 5.73 Å². The zero-order valence-corrected chi connectivity index (χ0v) is 13.1. The molecule has 25 heavy (non-hydrogen) atoms. The van der Waals surface area contributed by atoms with E-state index in [1.165, 1.54) is 0 Å². The molecule has 0 saturated carbocycles. The summed E-state index contributed by atoms with van der Waals surface area (Å²) in [6.07, 6.45) is 0. The summed E-state index contributed by atoms with van der Waals surface area (Å²) in [5.41, 5.74) is 9.98. The summed E-state index contributed by atoms with van der Waals surface area (Å²) in [5, 5.41) is 19.3. The highest BCUT2D eigenvalue weighted by Crippen LogP contribution is 2.47. The first kappa shape index (κ1) is 14.7. The number of anilines is 1. The second-order valence-corrected chi connectivity index (χ2v) is 5.75. The minimum atomic E-state index is -0.183. The molecule has 0 spiro atoms. The Hall–Kier alpha value is -3.89. The van der Waals surface area contributed by atoms with E-state index in [-0.39, 0.29) is 22.6 Å². The first-order chi connectivity index (χ1) is 12.2. The number of ketones is 1. The molecule has 1 aliphatic carbocycles. The number of fused-ring (bicyclic) bond motifs is 3. The van der Waals surface area contributed by atoms with Crippen molar-refractivity contribution in [3.05, 3.63) is 76.9 Å². The molecule has 1 aliphatic rings. The molecule has 4 heteroatoms. The predicted octanol–water partition coefficient (Wildman–Crippen LogP) is 3.89. The number of hydrogen-bond donors (Lipinski definition) is 1. The van der Waals surface area contributed by atoms with E-state index in [0.717, 1.165) is 5.56 Å². The zero-order valence-electron chi connectivity index (χ0n) is 13.1. The molecule has 116 valence electrons. The molecule has 0 bridgehead atoms. The molecule has 0 radical (unpaired) electrons. The summed E-state index contributed by atoms with van der Waals surface area (Å²) in [6, 6.07) is 20.5. The van der Waals surface area contributed by atoms with E-state index in [4.69, 9.17) is 5.73 Å². The molecule has 4 nitrogen and oxygen atoms in total. The van der Waals surface area contributed by atoms with Crippen molar-refractivity contribution in [2.75, 3.05) is 5.73 Å². The molecule has 0 saturated heterocycles. The maximum Gasteiger partial charge on any atom is 0.194 e. The fourth-order valence-corrected chi connectivity index (χ4v) is 3.43. The standard InChI is InChI=1S/C21H11N3O/c22-10-15-17(12-6-2-1-3-7-12)19-18(16(11-23)20(15)24)13-8-4-5-9-14(13)21(19)25/h1-9H,24H2. The highest BCUT2D eigenvalue weighted by Gasteiger charge is 2.35. The molecule has 0 aliphatic heterocycles. The molecular formula is C21H11N3O. The first-order valence-corrected chi connectivity index (χ1v) is 7.68. The van der Waals surface area contributed by atoms with Crippen LogP contribution in [0.25, 0.3) is 22.3 Å². The lowest BCUT2D eigenvalue weighted by Gasteiger charge is -2.15. The van der Waals surface area contributed by atoms with E-state index in [1.54, 1.807) is 18.2 Å². The monoisotopic (exact) mass is 321 g/mol. The summed E-state index contributed by atoms with van der Waals surface area (Å²) < 4.78 is 0. The third-order valence-electron chi connectivity index (χ3n) is 4.49. The number of hydrogen-bond acceptors (Lipinski definition) is 4. The normalized spacial score (nSPS) is 11.4. The van der Waals surface area contributed by atoms with Gasteiger partial charge in [-0.3, -0.25) is 4.79 Å². The Morgan fingerprint density at radius 1 is 0.720 bits per heavy atom. The Bertz CT molecular complexity index is 1130. The number of nitriles is 2. The Kier molecular flexibility index (Phi) is 3.13. The molecule has 4 rings (SSSR count). The van der Waals surface area contributed by atoms with Crippen LogP contribution in [0.2, 0.25) is 0 Å². The minimum Gasteiger partial charge on any atom is -0.397 e. The third-order valence-corrected chi connectivity index (χ3v) is 4.49. The molecule has 0 amide bonds. The van der Waals surface area contributed by atoms with Gasteiger partial charge in [0, 0.05) is 22.3 Å². The first-order valence-electron chi connectivity index (χ1n) is 7.68. The van der Waals surface area contributed by atoms with E-state index >= 15 is 0 Å². The van der Waals surface area contributed by atoms with Gasteiger partial charge in [-0.1, -0.05) is 54.6 Å². The van der Waals surface area contributed by atoms with Crippen LogP contribution in [0.5, 0.6) is 0 Å². The number of nitrogens with zero attached hydrogens (tertiary/aromatic N) is 2. The molecule has 3 aromatic carbocycles. The topological polar surface area (TPSA) is 90.7 Å². The molecule has 0 heterocycles. The Labute approximate surface area is 144 Å². The van der Waals surface area contributed by atoms with E-state index in [2.05, 4.69) is 12.1 Å². The van der Waals surface area contributed by atoms with Crippen molar-refractivity contribution in [3.63, 3.8) is 0 Å². The zero-order chi connectivity index (χ0) is 17.6. The molecule has 0 fully saturated rings. The Morgan fingerprint density at radius 2 is 1.28 bits per heavy atom. The lowest BCUT2D eigenvalue weighted by molar-refractivity contribution is 0.104. The van der Waals surface area contributed by atoms with E-state index in [0.29, 0.717) is 27.8 Å². The van der Waals surface area contributed by atoms with Crippen LogP contribution in [0.1, 0.15) is 27.0 Å². The van der Waals surface area contributed by atoms with Gasteiger partial charge in [-0.2, -0.15) is 10.5 Å². The number of benzene rings is 3. The van der Waals surface area contributed by atoms with Gasteiger partial charge in [-0.05, 0) is 11.1 Å². The highest BCUT2D eigenvalue weighted by atomic mass is 16.1. The minimum absolute atomic E-state index is 0.118.